The third-order valence-corrected chi connectivity index (χ3v) is 4.32. The molecule has 0 aliphatic rings. The Hall–Kier alpha value is -2.87. The third-order valence-electron chi connectivity index (χ3n) is 3.30. The molecule has 0 spiro atoms. The van der Waals surface area contributed by atoms with E-state index in [1.807, 2.05) is 0 Å². The third kappa shape index (κ3) is 5.06. The Morgan fingerprint density at radius 2 is 1.65 bits per heavy atom. The van der Waals surface area contributed by atoms with Crippen LogP contribution < -0.4 is 5.32 Å². The molecule has 2 aromatic carbocycles. The summed E-state index contributed by atoms with van der Waals surface area (Å²) in [5.41, 5.74) is 0.436. The first-order valence-corrected chi connectivity index (χ1v) is 8.42. The van der Waals surface area contributed by atoms with Gasteiger partial charge in [0.1, 0.15) is 5.82 Å². The van der Waals surface area contributed by atoms with E-state index in [-0.39, 0.29) is 28.4 Å². The summed E-state index contributed by atoms with van der Waals surface area (Å²) in [4.78, 5) is 36.4. The van der Waals surface area contributed by atoms with Crippen molar-refractivity contribution >= 4 is 35.3 Å². The summed E-state index contributed by atoms with van der Waals surface area (Å²) in [5.74, 6) is -1.97. The maximum atomic E-state index is 12.9. The van der Waals surface area contributed by atoms with Crippen molar-refractivity contribution in [3.05, 3.63) is 59.4 Å². The highest BCUT2D eigenvalue weighted by Crippen LogP contribution is 2.22. The summed E-state index contributed by atoms with van der Waals surface area (Å²) in [6, 6.07) is 9.85. The summed E-state index contributed by atoms with van der Waals surface area (Å²) >= 11 is 1.20. The zero-order valence-electron chi connectivity index (χ0n) is 14.1. The van der Waals surface area contributed by atoms with Gasteiger partial charge in [-0.1, -0.05) is 0 Å². The van der Waals surface area contributed by atoms with Crippen LogP contribution in [0.5, 0.6) is 0 Å². The standard InChI is InChI=1S/C18H16FNO5S/c1-24-17(22)11-3-8-14(18(23)25-2)15(9-11)20-16(21)10-26-13-6-4-12(19)5-7-13/h3-9H,10H2,1-2H3,(H,20,21). The van der Waals surface area contributed by atoms with Crippen molar-refractivity contribution in [2.45, 2.75) is 4.90 Å². The first-order chi connectivity index (χ1) is 12.4. The Morgan fingerprint density at radius 3 is 2.27 bits per heavy atom. The zero-order valence-corrected chi connectivity index (χ0v) is 14.9. The second-order valence-electron chi connectivity index (χ2n) is 5.03. The van der Waals surface area contributed by atoms with Crippen molar-refractivity contribution in [3.8, 4) is 0 Å². The van der Waals surface area contributed by atoms with E-state index in [0.29, 0.717) is 0 Å². The number of amides is 1. The first kappa shape index (κ1) is 19.5. The van der Waals surface area contributed by atoms with Crippen molar-refractivity contribution < 1.29 is 28.2 Å². The number of methoxy groups -OCH3 is 2. The highest BCUT2D eigenvalue weighted by Gasteiger charge is 2.17. The van der Waals surface area contributed by atoms with Gasteiger partial charge >= 0.3 is 11.9 Å². The molecule has 0 radical (unpaired) electrons. The summed E-state index contributed by atoms with van der Waals surface area (Å²) in [7, 11) is 2.45. The SMILES string of the molecule is COC(=O)c1ccc(C(=O)OC)c(NC(=O)CSc2ccc(F)cc2)c1. The van der Waals surface area contributed by atoms with Gasteiger partial charge in [0.2, 0.25) is 5.91 Å². The van der Waals surface area contributed by atoms with Crippen LogP contribution in [0.15, 0.2) is 47.4 Å². The molecule has 0 bridgehead atoms. The molecule has 0 fully saturated rings. The molecule has 0 aliphatic carbocycles. The minimum atomic E-state index is -0.650. The molecule has 0 saturated carbocycles. The van der Waals surface area contributed by atoms with Gasteiger partial charge in [-0.15, -0.1) is 11.8 Å². The first-order valence-electron chi connectivity index (χ1n) is 7.43. The molecule has 0 aliphatic heterocycles. The average molecular weight is 377 g/mol. The highest BCUT2D eigenvalue weighted by atomic mass is 32.2. The van der Waals surface area contributed by atoms with Gasteiger partial charge in [0.05, 0.1) is 36.8 Å². The van der Waals surface area contributed by atoms with E-state index in [2.05, 4.69) is 14.8 Å². The molecule has 0 heterocycles. The Morgan fingerprint density at radius 1 is 1.00 bits per heavy atom. The number of ether oxygens (including phenoxy) is 2. The lowest BCUT2D eigenvalue weighted by atomic mass is 10.1. The van der Waals surface area contributed by atoms with E-state index in [1.165, 1.54) is 56.3 Å². The lowest BCUT2D eigenvalue weighted by molar-refractivity contribution is -0.113. The van der Waals surface area contributed by atoms with E-state index >= 15 is 0 Å². The van der Waals surface area contributed by atoms with Crippen LogP contribution in [-0.2, 0) is 14.3 Å². The van der Waals surface area contributed by atoms with E-state index in [1.54, 1.807) is 12.1 Å². The number of benzene rings is 2. The molecule has 1 N–H and O–H groups in total. The minimum absolute atomic E-state index is 0.0364. The molecular weight excluding hydrogens is 361 g/mol. The van der Waals surface area contributed by atoms with Crippen LogP contribution in [0, 0.1) is 5.82 Å². The normalized spacial score (nSPS) is 10.1. The summed E-state index contributed by atoms with van der Waals surface area (Å²) in [5, 5.41) is 2.58. The molecule has 0 aromatic heterocycles. The van der Waals surface area contributed by atoms with E-state index in [9.17, 15) is 18.8 Å². The van der Waals surface area contributed by atoms with E-state index < -0.39 is 17.8 Å². The number of thioether (sulfide) groups is 1. The number of rotatable bonds is 6. The second-order valence-corrected chi connectivity index (χ2v) is 6.08. The second kappa shape index (κ2) is 9.00. The maximum Gasteiger partial charge on any atom is 0.339 e. The fraction of sp³-hybridized carbons (Fsp3) is 0.167. The van der Waals surface area contributed by atoms with E-state index in [0.717, 1.165) is 4.90 Å². The number of carbonyl (C=O) groups excluding carboxylic acids is 3. The van der Waals surface area contributed by atoms with Crippen LogP contribution in [-0.4, -0.2) is 37.8 Å². The van der Waals surface area contributed by atoms with Gasteiger partial charge in [0.25, 0.3) is 0 Å². The number of esters is 2. The quantitative estimate of drug-likeness (QED) is 0.615. The van der Waals surface area contributed by atoms with Crippen LogP contribution >= 0.6 is 11.8 Å². The van der Waals surface area contributed by atoms with Crippen molar-refractivity contribution in [2.75, 3.05) is 25.3 Å². The molecule has 6 nitrogen and oxygen atoms in total. The highest BCUT2D eigenvalue weighted by molar-refractivity contribution is 8.00. The molecule has 2 rings (SSSR count). The van der Waals surface area contributed by atoms with Crippen molar-refractivity contribution in [1.29, 1.82) is 0 Å². The lowest BCUT2D eigenvalue weighted by Gasteiger charge is -2.11. The fourth-order valence-corrected chi connectivity index (χ4v) is 2.74. The number of hydrogen-bond acceptors (Lipinski definition) is 6. The van der Waals surface area contributed by atoms with Gasteiger partial charge in [0, 0.05) is 4.90 Å². The summed E-state index contributed by atoms with van der Waals surface area (Å²) in [6.07, 6.45) is 0. The van der Waals surface area contributed by atoms with Crippen molar-refractivity contribution in [3.63, 3.8) is 0 Å². The Kier molecular flexibility index (Phi) is 6.74. The van der Waals surface area contributed by atoms with Crippen LogP contribution in [0.2, 0.25) is 0 Å². The van der Waals surface area contributed by atoms with Crippen LogP contribution in [0.1, 0.15) is 20.7 Å². The summed E-state index contributed by atoms with van der Waals surface area (Å²) in [6.45, 7) is 0. The molecule has 8 heteroatoms. The number of carbonyl (C=O) groups is 3. The summed E-state index contributed by atoms with van der Waals surface area (Å²) < 4.78 is 22.2. The smallest absolute Gasteiger partial charge is 0.339 e. The molecule has 0 saturated heterocycles. The number of anilines is 1. The molecule has 26 heavy (non-hydrogen) atoms. The monoisotopic (exact) mass is 377 g/mol. The van der Waals surface area contributed by atoms with E-state index in [4.69, 9.17) is 0 Å². The van der Waals surface area contributed by atoms with Crippen molar-refractivity contribution in [1.82, 2.24) is 0 Å². The molecule has 136 valence electrons. The molecular formula is C18H16FNO5S. The van der Waals surface area contributed by atoms with Crippen LogP contribution in [0.25, 0.3) is 0 Å². The number of halogens is 1. The maximum absolute atomic E-state index is 12.9. The fourth-order valence-electron chi connectivity index (χ4n) is 2.05. The minimum Gasteiger partial charge on any atom is -0.465 e. The van der Waals surface area contributed by atoms with Gasteiger partial charge in [-0.3, -0.25) is 4.79 Å². The van der Waals surface area contributed by atoms with Gasteiger partial charge in [0.15, 0.2) is 0 Å². The molecule has 0 unspecified atom stereocenters. The number of nitrogens with one attached hydrogen (secondary N) is 1. The van der Waals surface area contributed by atoms with Gasteiger partial charge in [-0.25, -0.2) is 14.0 Å². The molecule has 1 amide bonds. The average Bonchev–Trinajstić information content (AvgIpc) is 2.66. The van der Waals surface area contributed by atoms with Gasteiger partial charge < -0.3 is 14.8 Å². The molecule has 2 aromatic rings. The van der Waals surface area contributed by atoms with Gasteiger partial charge in [-0.05, 0) is 42.5 Å². The largest absolute Gasteiger partial charge is 0.465 e. The zero-order chi connectivity index (χ0) is 19.1. The van der Waals surface area contributed by atoms with Crippen LogP contribution in [0.4, 0.5) is 10.1 Å². The van der Waals surface area contributed by atoms with Crippen molar-refractivity contribution in [2.24, 2.45) is 0 Å². The topological polar surface area (TPSA) is 81.7 Å². The lowest BCUT2D eigenvalue weighted by Crippen LogP contribution is -2.18. The van der Waals surface area contributed by atoms with Crippen LogP contribution in [0.3, 0.4) is 0 Å². The Bertz CT molecular complexity index is 823. The predicted octanol–water partition coefficient (Wildman–Crippen LogP) is 3.13. The number of hydrogen-bond donors (Lipinski definition) is 1. The Labute approximate surface area is 153 Å². The van der Waals surface area contributed by atoms with Gasteiger partial charge in [-0.2, -0.15) is 0 Å². The Balaban J connectivity index is 2.14. The predicted molar refractivity (Wildman–Crippen MR) is 94.9 cm³/mol. The molecule has 0 atom stereocenters.